The zero-order valence-corrected chi connectivity index (χ0v) is 15.4. The molecule has 1 N–H and O–H groups in total. The van der Waals surface area contributed by atoms with Gasteiger partial charge in [-0.3, -0.25) is 0 Å². The quantitative estimate of drug-likeness (QED) is 0.581. The maximum Gasteiger partial charge on any atom is 0.138 e. The molecule has 1 atom stereocenters. The molecular formula is C21H26N2O3. The van der Waals surface area contributed by atoms with Crippen LogP contribution < -0.4 is 9.47 Å². The van der Waals surface area contributed by atoms with Gasteiger partial charge in [0.2, 0.25) is 0 Å². The maximum absolute atomic E-state index is 10.3. The number of aryl methyl sites for hydroxylation is 1. The van der Waals surface area contributed by atoms with E-state index in [0.29, 0.717) is 13.0 Å². The van der Waals surface area contributed by atoms with Gasteiger partial charge < -0.3 is 19.1 Å². The summed E-state index contributed by atoms with van der Waals surface area (Å²) < 4.78 is 13.1. The number of benzene rings is 2. The second kappa shape index (κ2) is 8.72. The summed E-state index contributed by atoms with van der Waals surface area (Å²) in [6.07, 6.45) is 2.00. The molecule has 3 aromatic rings. The first-order chi connectivity index (χ1) is 12.7. The first-order valence-electron chi connectivity index (χ1n) is 9.13. The molecule has 0 aliphatic carbocycles. The molecule has 0 amide bonds. The summed E-state index contributed by atoms with van der Waals surface area (Å²) in [7, 11) is 1.65. The number of aliphatic hydroxyl groups excluding tert-OH is 1. The molecule has 3 rings (SSSR count). The molecule has 0 aliphatic heterocycles. The first-order valence-corrected chi connectivity index (χ1v) is 9.13. The Kier molecular flexibility index (Phi) is 6.12. The number of unbranched alkanes of at least 4 members (excludes halogenated alkanes) is 1. The highest BCUT2D eigenvalue weighted by atomic mass is 16.5. The van der Waals surface area contributed by atoms with Gasteiger partial charge in [0.25, 0.3) is 0 Å². The Balaban J connectivity index is 1.59. The zero-order valence-electron chi connectivity index (χ0n) is 15.4. The number of nitrogens with zero attached hydrogens (tertiary/aromatic N) is 2. The molecule has 0 bridgehead atoms. The number of aromatic nitrogens is 2. The molecule has 0 radical (unpaired) electrons. The summed E-state index contributed by atoms with van der Waals surface area (Å²) in [6, 6.07) is 15.7. The molecule has 0 unspecified atom stereocenters. The van der Waals surface area contributed by atoms with Crippen LogP contribution in [0, 0.1) is 0 Å². The second-order valence-corrected chi connectivity index (χ2v) is 6.27. The third kappa shape index (κ3) is 4.17. The van der Waals surface area contributed by atoms with Gasteiger partial charge in [0.15, 0.2) is 0 Å². The largest absolute Gasteiger partial charge is 0.497 e. The van der Waals surface area contributed by atoms with Crippen LogP contribution in [0.5, 0.6) is 11.5 Å². The minimum Gasteiger partial charge on any atom is -0.497 e. The number of para-hydroxylation sites is 2. The number of imidazole rings is 1. The molecule has 0 saturated carbocycles. The number of hydrogen-bond acceptors (Lipinski definition) is 4. The number of aliphatic hydroxyl groups is 1. The van der Waals surface area contributed by atoms with Crippen molar-refractivity contribution in [3.8, 4) is 11.5 Å². The van der Waals surface area contributed by atoms with Crippen LogP contribution in [0.2, 0.25) is 0 Å². The standard InChI is InChI=1S/C21H26N2O3/c1-3-20(24)21-22-18-11-4-5-12-19(18)23(21)13-6-7-14-26-17-10-8-9-16(15-17)25-2/h4-5,8-12,15,20,24H,3,6-7,13-14H2,1-2H3/t20-/m1/s1. The Morgan fingerprint density at radius 1 is 1.08 bits per heavy atom. The van der Waals surface area contributed by atoms with Gasteiger partial charge in [0.1, 0.15) is 23.4 Å². The van der Waals surface area contributed by atoms with Gasteiger partial charge in [-0.25, -0.2) is 4.98 Å². The van der Waals surface area contributed by atoms with Crippen LogP contribution in [0.15, 0.2) is 48.5 Å². The lowest BCUT2D eigenvalue weighted by atomic mass is 10.2. The lowest BCUT2D eigenvalue weighted by Crippen LogP contribution is -2.09. The van der Waals surface area contributed by atoms with Crippen LogP contribution in [-0.2, 0) is 6.54 Å². The number of ether oxygens (including phenoxy) is 2. The molecule has 0 saturated heterocycles. The van der Waals surface area contributed by atoms with Crippen molar-refractivity contribution in [2.24, 2.45) is 0 Å². The van der Waals surface area contributed by atoms with Gasteiger partial charge in [0.05, 0.1) is 24.8 Å². The number of hydrogen-bond donors (Lipinski definition) is 1. The Morgan fingerprint density at radius 3 is 2.69 bits per heavy atom. The van der Waals surface area contributed by atoms with Gasteiger partial charge >= 0.3 is 0 Å². The Labute approximate surface area is 154 Å². The van der Waals surface area contributed by atoms with Crippen molar-refractivity contribution < 1.29 is 14.6 Å². The summed E-state index contributed by atoms with van der Waals surface area (Å²) in [6.45, 7) is 3.43. The molecule has 26 heavy (non-hydrogen) atoms. The summed E-state index contributed by atoms with van der Waals surface area (Å²) in [5.74, 6) is 2.37. The van der Waals surface area contributed by atoms with Crippen molar-refractivity contribution in [3.05, 3.63) is 54.4 Å². The van der Waals surface area contributed by atoms with E-state index in [9.17, 15) is 5.11 Å². The Bertz CT molecular complexity index is 844. The molecule has 1 aromatic heterocycles. The van der Waals surface area contributed by atoms with E-state index in [-0.39, 0.29) is 0 Å². The Morgan fingerprint density at radius 2 is 1.88 bits per heavy atom. The van der Waals surface area contributed by atoms with Crippen LogP contribution in [0.3, 0.4) is 0 Å². The third-order valence-electron chi connectivity index (χ3n) is 4.45. The number of methoxy groups -OCH3 is 1. The van der Waals surface area contributed by atoms with Crippen molar-refractivity contribution in [1.82, 2.24) is 9.55 Å². The molecule has 138 valence electrons. The fraction of sp³-hybridized carbons (Fsp3) is 0.381. The van der Waals surface area contributed by atoms with E-state index in [4.69, 9.17) is 9.47 Å². The van der Waals surface area contributed by atoms with Gasteiger partial charge in [-0.1, -0.05) is 25.1 Å². The lowest BCUT2D eigenvalue weighted by Gasteiger charge is -2.13. The minimum absolute atomic E-state index is 0.532. The van der Waals surface area contributed by atoms with Crippen LogP contribution in [0.1, 0.15) is 38.1 Å². The van der Waals surface area contributed by atoms with E-state index in [1.54, 1.807) is 7.11 Å². The fourth-order valence-electron chi connectivity index (χ4n) is 3.02. The van der Waals surface area contributed by atoms with Crippen molar-refractivity contribution in [2.75, 3.05) is 13.7 Å². The minimum atomic E-state index is -0.532. The van der Waals surface area contributed by atoms with Gasteiger partial charge in [-0.15, -0.1) is 0 Å². The Hall–Kier alpha value is -2.53. The normalized spacial score (nSPS) is 12.3. The van der Waals surface area contributed by atoms with E-state index in [2.05, 4.69) is 15.6 Å². The van der Waals surface area contributed by atoms with E-state index in [1.807, 2.05) is 49.4 Å². The summed E-state index contributed by atoms with van der Waals surface area (Å²) >= 11 is 0. The molecule has 5 heteroatoms. The fourth-order valence-corrected chi connectivity index (χ4v) is 3.02. The molecule has 0 aliphatic rings. The first kappa shape index (κ1) is 18.3. The second-order valence-electron chi connectivity index (χ2n) is 6.27. The van der Waals surface area contributed by atoms with Gasteiger partial charge in [0, 0.05) is 12.6 Å². The SMILES string of the molecule is CC[C@@H](O)c1nc2ccccc2n1CCCCOc1cccc(OC)c1. The molecule has 1 heterocycles. The van der Waals surface area contributed by atoms with E-state index < -0.39 is 6.10 Å². The highest BCUT2D eigenvalue weighted by Crippen LogP contribution is 2.23. The molecule has 0 spiro atoms. The van der Waals surface area contributed by atoms with Crippen molar-refractivity contribution in [1.29, 1.82) is 0 Å². The highest BCUT2D eigenvalue weighted by molar-refractivity contribution is 5.76. The summed E-state index contributed by atoms with van der Waals surface area (Å²) in [5, 5.41) is 10.3. The average Bonchev–Trinajstić information content (AvgIpc) is 3.06. The smallest absolute Gasteiger partial charge is 0.138 e. The lowest BCUT2D eigenvalue weighted by molar-refractivity contribution is 0.159. The van der Waals surface area contributed by atoms with E-state index in [0.717, 1.165) is 47.7 Å². The topological polar surface area (TPSA) is 56.5 Å². The van der Waals surface area contributed by atoms with Gasteiger partial charge in [-0.2, -0.15) is 0 Å². The van der Waals surface area contributed by atoms with E-state index >= 15 is 0 Å². The van der Waals surface area contributed by atoms with Crippen molar-refractivity contribution >= 4 is 11.0 Å². The van der Waals surface area contributed by atoms with Gasteiger partial charge in [-0.05, 0) is 43.5 Å². The number of rotatable bonds is 9. The van der Waals surface area contributed by atoms with E-state index in [1.165, 1.54) is 0 Å². The number of fused-ring (bicyclic) bond motifs is 1. The third-order valence-corrected chi connectivity index (χ3v) is 4.45. The highest BCUT2D eigenvalue weighted by Gasteiger charge is 2.16. The molecular weight excluding hydrogens is 328 g/mol. The molecule has 5 nitrogen and oxygen atoms in total. The molecule has 0 fully saturated rings. The zero-order chi connectivity index (χ0) is 18.4. The average molecular weight is 354 g/mol. The summed E-state index contributed by atoms with van der Waals surface area (Å²) in [5.41, 5.74) is 2.01. The predicted molar refractivity (Wildman–Crippen MR) is 103 cm³/mol. The molecule has 2 aromatic carbocycles. The monoisotopic (exact) mass is 354 g/mol. The maximum atomic E-state index is 10.3. The van der Waals surface area contributed by atoms with Crippen LogP contribution >= 0.6 is 0 Å². The van der Waals surface area contributed by atoms with Crippen LogP contribution in [-0.4, -0.2) is 28.4 Å². The van der Waals surface area contributed by atoms with Crippen LogP contribution in [0.25, 0.3) is 11.0 Å². The van der Waals surface area contributed by atoms with Crippen LogP contribution in [0.4, 0.5) is 0 Å². The summed E-state index contributed by atoms with van der Waals surface area (Å²) in [4.78, 5) is 4.62. The van der Waals surface area contributed by atoms with Crippen molar-refractivity contribution in [3.63, 3.8) is 0 Å². The predicted octanol–water partition coefficient (Wildman–Crippen LogP) is 4.35. The van der Waals surface area contributed by atoms with Crippen molar-refractivity contribution in [2.45, 2.75) is 38.8 Å².